The Balaban J connectivity index is 2.16. The average Bonchev–Trinajstić information content (AvgIpc) is 2.85. The highest BCUT2D eigenvalue weighted by Gasteiger charge is 2.32. The molecule has 2 N–H and O–H groups in total. The van der Waals surface area contributed by atoms with E-state index in [4.69, 9.17) is 5.14 Å². The molecular weight excluding hydrogens is 288 g/mol. The van der Waals surface area contributed by atoms with Gasteiger partial charge in [0, 0.05) is 13.1 Å². The van der Waals surface area contributed by atoms with Gasteiger partial charge in [0.25, 0.3) is 5.91 Å². The van der Waals surface area contributed by atoms with Crippen molar-refractivity contribution in [3.05, 3.63) is 10.6 Å². The van der Waals surface area contributed by atoms with Crippen molar-refractivity contribution in [3.8, 4) is 0 Å². The lowest BCUT2D eigenvalue weighted by molar-refractivity contribution is 0.0730. The van der Waals surface area contributed by atoms with Gasteiger partial charge in [-0.25, -0.2) is 13.6 Å². The van der Waals surface area contributed by atoms with Crippen LogP contribution in [0.2, 0.25) is 0 Å². The molecule has 106 valence electrons. The SMILES string of the molecule is CCc1nnsc1C(=O)N1CCCC(S(N)(=O)=O)C1. The standard InChI is InChI=1S/C10H16N4O3S2/c1-2-8-9(18-13-12-8)10(15)14-5-3-4-7(6-14)19(11,16)17/h7H,2-6H2,1H3,(H2,11,16,17). The van der Waals surface area contributed by atoms with Crippen LogP contribution in [0.25, 0.3) is 0 Å². The molecule has 2 rings (SSSR count). The predicted molar refractivity (Wildman–Crippen MR) is 71.3 cm³/mol. The number of nitrogens with zero attached hydrogens (tertiary/aromatic N) is 3. The first kappa shape index (κ1) is 14.4. The van der Waals surface area contributed by atoms with Crippen molar-refractivity contribution in [2.24, 2.45) is 5.14 Å². The van der Waals surface area contributed by atoms with Gasteiger partial charge >= 0.3 is 0 Å². The highest BCUT2D eigenvalue weighted by Crippen LogP contribution is 2.20. The van der Waals surface area contributed by atoms with Crippen LogP contribution in [-0.4, -0.2) is 47.2 Å². The molecule has 1 aliphatic rings. The van der Waals surface area contributed by atoms with Crippen molar-refractivity contribution in [3.63, 3.8) is 0 Å². The Bertz CT molecular complexity index is 569. The Labute approximate surface area is 116 Å². The summed E-state index contributed by atoms with van der Waals surface area (Å²) in [5.41, 5.74) is 0.660. The molecule has 19 heavy (non-hydrogen) atoms. The van der Waals surface area contributed by atoms with Gasteiger partial charge in [-0.1, -0.05) is 11.4 Å². The number of likely N-dealkylation sites (tertiary alicyclic amines) is 1. The minimum atomic E-state index is -3.60. The third-order valence-electron chi connectivity index (χ3n) is 3.21. The molecule has 1 amide bonds. The molecule has 0 aromatic carbocycles. The van der Waals surface area contributed by atoms with Crippen LogP contribution in [-0.2, 0) is 16.4 Å². The zero-order valence-corrected chi connectivity index (χ0v) is 12.2. The van der Waals surface area contributed by atoms with E-state index in [9.17, 15) is 13.2 Å². The molecule has 1 aromatic rings. The molecule has 0 radical (unpaired) electrons. The van der Waals surface area contributed by atoms with Crippen molar-refractivity contribution in [1.82, 2.24) is 14.5 Å². The van der Waals surface area contributed by atoms with Crippen LogP contribution in [0, 0.1) is 0 Å². The summed E-state index contributed by atoms with van der Waals surface area (Å²) in [6.45, 7) is 2.60. The molecule has 7 nitrogen and oxygen atoms in total. The number of amides is 1. The lowest BCUT2D eigenvalue weighted by Crippen LogP contribution is -2.47. The summed E-state index contributed by atoms with van der Waals surface area (Å²) in [4.78, 5) is 14.4. The van der Waals surface area contributed by atoms with Crippen molar-refractivity contribution < 1.29 is 13.2 Å². The maximum atomic E-state index is 12.3. The fourth-order valence-electron chi connectivity index (χ4n) is 2.14. The number of rotatable bonds is 3. The van der Waals surface area contributed by atoms with Crippen LogP contribution in [0.15, 0.2) is 0 Å². The zero-order chi connectivity index (χ0) is 14.0. The molecule has 0 bridgehead atoms. The second-order valence-electron chi connectivity index (χ2n) is 4.51. The van der Waals surface area contributed by atoms with Crippen molar-refractivity contribution in [1.29, 1.82) is 0 Å². The van der Waals surface area contributed by atoms with Crippen LogP contribution in [0.3, 0.4) is 0 Å². The van der Waals surface area contributed by atoms with Gasteiger partial charge in [0.2, 0.25) is 10.0 Å². The van der Waals surface area contributed by atoms with Gasteiger partial charge in [0.1, 0.15) is 4.88 Å². The van der Waals surface area contributed by atoms with E-state index in [0.717, 1.165) is 11.5 Å². The first-order chi connectivity index (χ1) is 8.93. The average molecular weight is 304 g/mol. The highest BCUT2D eigenvalue weighted by molar-refractivity contribution is 7.89. The number of hydrogen-bond acceptors (Lipinski definition) is 6. The number of carbonyl (C=O) groups excluding carboxylic acids is 1. The number of nitrogens with two attached hydrogens (primary N) is 1. The summed E-state index contributed by atoms with van der Waals surface area (Å²) in [5.74, 6) is -0.194. The maximum absolute atomic E-state index is 12.3. The minimum Gasteiger partial charge on any atom is -0.336 e. The molecule has 1 aromatic heterocycles. The van der Waals surface area contributed by atoms with E-state index >= 15 is 0 Å². The fourth-order valence-corrected chi connectivity index (χ4v) is 3.74. The quantitative estimate of drug-likeness (QED) is 0.845. The predicted octanol–water partition coefficient (Wildman–Crippen LogP) is -0.00640. The smallest absolute Gasteiger partial charge is 0.267 e. The molecule has 1 aliphatic heterocycles. The molecule has 1 fully saturated rings. The highest BCUT2D eigenvalue weighted by atomic mass is 32.2. The zero-order valence-electron chi connectivity index (χ0n) is 10.6. The largest absolute Gasteiger partial charge is 0.336 e. The summed E-state index contributed by atoms with van der Waals surface area (Å²) < 4.78 is 26.5. The van der Waals surface area contributed by atoms with Gasteiger partial charge in [0.15, 0.2) is 0 Å². The summed E-state index contributed by atoms with van der Waals surface area (Å²) in [6.07, 6.45) is 1.77. The second-order valence-corrected chi connectivity index (χ2v) is 7.11. The van der Waals surface area contributed by atoms with Gasteiger partial charge in [-0.3, -0.25) is 4.79 Å². The molecular formula is C10H16N4O3S2. The first-order valence-electron chi connectivity index (χ1n) is 6.05. The van der Waals surface area contributed by atoms with Crippen LogP contribution in [0.1, 0.15) is 35.1 Å². The van der Waals surface area contributed by atoms with Crippen LogP contribution in [0.5, 0.6) is 0 Å². The molecule has 9 heteroatoms. The fraction of sp³-hybridized carbons (Fsp3) is 0.700. The lowest BCUT2D eigenvalue weighted by Gasteiger charge is -2.31. The molecule has 1 saturated heterocycles. The number of aryl methyl sites for hydroxylation is 1. The normalized spacial score (nSPS) is 20.5. The Hall–Kier alpha value is -1.06. The summed E-state index contributed by atoms with van der Waals surface area (Å²) in [6, 6.07) is 0. The monoisotopic (exact) mass is 304 g/mol. The molecule has 1 unspecified atom stereocenters. The van der Waals surface area contributed by atoms with E-state index in [-0.39, 0.29) is 12.5 Å². The number of hydrogen-bond donors (Lipinski definition) is 1. The van der Waals surface area contributed by atoms with E-state index in [1.165, 1.54) is 4.90 Å². The Morgan fingerprint density at radius 3 is 2.95 bits per heavy atom. The van der Waals surface area contributed by atoms with E-state index in [2.05, 4.69) is 9.59 Å². The van der Waals surface area contributed by atoms with Gasteiger partial charge in [-0.05, 0) is 30.8 Å². The van der Waals surface area contributed by atoms with E-state index < -0.39 is 15.3 Å². The Kier molecular flexibility index (Phi) is 4.16. The minimum absolute atomic E-state index is 0.152. The number of aromatic nitrogens is 2. The Morgan fingerprint density at radius 1 is 1.58 bits per heavy atom. The summed E-state index contributed by atoms with van der Waals surface area (Å²) >= 11 is 1.05. The maximum Gasteiger partial charge on any atom is 0.267 e. The van der Waals surface area contributed by atoms with E-state index in [1.807, 2.05) is 6.92 Å². The third kappa shape index (κ3) is 3.10. The van der Waals surface area contributed by atoms with Gasteiger partial charge in [0.05, 0.1) is 10.9 Å². The third-order valence-corrected chi connectivity index (χ3v) is 5.28. The van der Waals surface area contributed by atoms with Crippen molar-refractivity contribution in [2.75, 3.05) is 13.1 Å². The van der Waals surface area contributed by atoms with E-state index in [1.54, 1.807) is 0 Å². The van der Waals surface area contributed by atoms with Crippen LogP contribution in [0.4, 0.5) is 0 Å². The molecule has 0 saturated carbocycles. The van der Waals surface area contributed by atoms with Crippen LogP contribution < -0.4 is 5.14 Å². The molecule has 0 spiro atoms. The molecule has 1 atom stereocenters. The summed E-state index contributed by atoms with van der Waals surface area (Å²) in [5, 5.41) is 8.39. The molecule has 0 aliphatic carbocycles. The Morgan fingerprint density at radius 2 is 2.32 bits per heavy atom. The van der Waals surface area contributed by atoms with Crippen molar-refractivity contribution >= 4 is 27.5 Å². The lowest BCUT2D eigenvalue weighted by atomic mass is 10.1. The van der Waals surface area contributed by atoms with Crippen LogP contribution >= 0.6 is 11.5 Å². The number of piperidine rings is 1. The topological polar surface area (TPSA) is 106 Å². The van der Waals surface area contributed by atoms with Gasteiger partial charge < -0.3 is 4.90 Å². The van der Waals surface area contributed by atoms with Crippen molar-refractivity contribution in [2.45, 2.75) is 31.4 Å². The first-order valence-corrected chi connectivity index (χ1v) is 8.44. The second kappa shape index (κ2) is 5.51. The summed E-state index contributed by atoms with van der Waals surface area (Å²) in [7, 11) is -3.60. The number of primary sulfonamides is 1. The van der Waals surface area contributed by atoms with Gasteiger partial charge in [-0.2, -0.15) is 0 Å². The number of sulfonamides is 1. The number of carbonyl (C=O) groups is 1. The molecule has 2 heterocycles. The van der Waals surface area contributed by atoms with Gasteiger partial charge in [-0.15, -0.1) is 5.10 Å². The van der Waals surface area contributed by atoms with E-state index in [0.29, 0.717) is 36.4 Å².